The summed E-state index contributed by atoms with van der Waals surface area (Å²) >= 11 is 7.91. The highest BCUT2D eigenvalue weighted by molar-refractivity contribution is 7.99. The Labute approximate surface area is 112 Å². The minimum atomic E-state index is 0.351. The lowest BCUT2D eigenvalue weighted by atomic mass is 9.94. The molecule has 1 aromatic rings. The largest absolute Gasteiger partial charge is 0.299 e. The summed E-state index contributed by atoms with van der Waals surface area (Å²) in [6.07, 6.45) is 3.68. The molecule has 1 aromatic carbocycles. The first-order chi connectivity index (χ1) is 8.24. The summed E-state index contributed by atoms with van der Waals surface area (Å²) in [5, 5.41) is 0.712. The summed E-state index contributed by atoms with van der Waals surface area (Å²) < 4.78 is 0. The van der Waals surface area contributed by atoms with E-state index in [-0.39, 0.29) is 0 Å². The molecule has 0 saturated carbocycles. The van der Waals surface area contributed by atoms with Gasteiger partial charge in [0, 0.05) is 17.9 Å². The fraction of sp³-hybridized carbons (Fsp3) is 0.500. The van der Waals surface area contributed by atoms with E-state index < -0.39 is 0 Å². The van der Waals surface area contributed by atoms with Gasteiger partial charge in [0.1, 0.15) is 5.78 Å². The van der Waals surface area contributed by atoms with Crippen LogP contribution in [0.3, 0.4) is 0 Å². The normalized spacial score (nSPS) is 17.0. The number of benzene rings is 1. The second-order valence-electron chi connectivity index (χ2n) is 4.61. The van der Waals surface area contributed by atoms with E-state index in [2.05, 4.69) is 0 Å². The van der Waals surface area contributed by atoms with Crippen LogP contribution in [-0.2, 0) is 11.2 Å². The molecule has 1 aliphatic heterocycles. The Morgan fingerprint density at radius 1 is 1.35 bits per heavy atom. The first kappa shape index (κ1) is 13.0. The third kappa shape index (κ3) is 4.36. The molecule has 1 saturated heterocycles. The Kier molecular flexibility index (Phi) is 4.93. The van der Waals surface area contributed by atoms with E-state index in [4.69, 9.17) is 11.6 Å². The number of carbonyl (C=O) groups excluding carboxylic acids is 1. The second-order valence-corrected chi connectivity index (χ2v) is 6.27. The molecule has 0 radical (unpaired) electrons. The predicted octanol–water partition coefficient (Wildman–Crippen LogP) is 3.98. The monoisotopic (exact) mass is 268 g/mol. The van der Waals surface area contributed by atoms with E-state index in [0.29, 0.717) is 23.1 Å². The van der Waals surface area contributed by atoms with Crippen molar-refractivity contribution in [2.24, 2.45) is 5.92 Å². The SMILES string of the molecule is O=C(Cc1cccc(Cl)c1)CC1CCSCC1. The van der Waals surface area contributed by atoms with Gasteiger partial charge in [-0.3, -0.25) is 4.79 Å². The van der Waals surface area contributed by atoms with Crippen molar-refractivity contribution < 1.29 is 4.79 Å². The van der Waals surface area contributed by atoms with Crippen molar-refractivity contribution in [3.05, 3.63) is 34.9 Å². The van der Waals surface area contributed by atoms with Crippen molar-refractivity contribution in [2.45, 2.75) is 25.7 Å². The summed E-state index contributed by atoms with van der Waals surface area (Å²) in [5.74, 6) is 3.40. The maximum absolute atomic E-state index is 11.9. The van der Waals surface area contributed by atoms with Crippen molar-refractivity contribution in [1.82, 2.24) is 0 Å². The number of carbonyl (C=O) groups is 1. The molecule has 3 heteroatoms. The fourth-order valence-corrected chi connectivity index (χ4v) is 3.64. The van der Waals surface area contributed by atoms with Gasteiger partial charge in [0.05, 0.1) is 0 Å². The number of rotatable bonds is 4. The van der Waals surface area contributed by atoms with Gasteiger partial charge in [0.2, 0.25) is 0 Å². The molecule has 1 aliphatic rings. The van der Waals surface area contributed by atoms with Crippen molar-refractivity contribution in [2.75, 3.05) is 11.5 Å². The second kappa shape index (κ2) is 6.46. The summed E-state index contributed by atoms with van der Waals surface area (Å²) in [7, 11) is 0. The standard InChI is InChI=1S/C14H17ClOS/c15-13-3-1-2-12(8-13)10-14(16)9-11-4-6-17-7-5-11/h1-3,8,11H,4-7,9-10H2. The van der Waals surface area contributed by atoms with E-state index in [0.717, 1.165) is 12.0 Å². The number of Topliss-reactive ketones (excluding diaryl/α,β-unsaturated/α-hetero) is 1. The van der Waals surface area contributed by atoms with Crippen LogP contribution in [0.25, 0.3) is 0 Å². The zero-order chi connectivity index (χ0) is 12.1. The molecule has 92 valence electrons. The topological polar surface area (TPSA) is 17.1 Å². The molecule has 0 aliphatic carbocycles. The van der Waals surface area contributed by atoms with E-state index >= 15 is 0 Å². The molecular formula is C14H17ClOS. The van der Waals surface area contributed by atoms with Crippen LogP contribution in [0.1, 0.15) is 24.8 Å². The smallest absolute Gasteiger partial charge is 0.137 e. The van der Waals surface area contributed by atoms with Gasteiger partial charge < -0.3 is 0 Å². The van der Waals surface area contributed by atoms with Gasteiger partial charge in [-0.1, -0.05) is 23.7 Å². The van der Waals surface area contributed by atoms with Gasteiger partial charge in [0.15, 0.2) is 0 Å². The first-order valence-electron chi connectivity index (χ1n) is 6.08. The molecule has 1 fully saturated rings. The van der Waals surface area contributed by atoms with Crippen LogP contribution in [0.2, 0.25) is 5.02 Å². The summed E-state index contributed by atoms with van der Waals surface area (Å²) in [6.45, 7) is 0. The zero-order valence-corrected chi connectivity index (χ0v) is 11.4. The van der Waals surface area contributed by atoms with Gasteiger partial charge >= 0.3 is 0 Å². The number of thioether (sulfide) groups is 1. The molecule has 0 atom stereocenters. The number of hydrogen-bond donors (Lipinski definition) is 0. The molecule has 0 N–H and O–H groups in total. The van der Waals surface area contributed by atoms with Crippen molar-refractivity contribution in [3.8, 4) is 0 Å². The molecule has 0 unspecified atom stereocenters. The van der Waals surface area contributed by atoms with Gasteiger partial charge in [-0.25, -0.2) is 0 Å². The van der Waals surface area contributed by atoms with Crippen LogP contribution in [-0.4, -0.2) is 17.3 Å². The molecule has 1 nitrogen and oxygen atoms in total. The Bertz CT molecular complexity index is 386. The molecule has 0 amide bonds. The van der Waals surface area contributed by atoms with E-state index in [1.165, 1.54) is 24.3 Å². The third-order valence-corrected chi connectivity index (χ3v) is 4.43. The molecule has 0 aromatic heterocycles. The van der Waals surface area contributed by atoms with Gasteiger partial charge in [-0.15, -0.1) is 0 Å². The zero-order valence-electron chi connectivity index (χ0n) is 9.82. The number of hydrogen-bond acceptors (Lipinski definition) is 2. The molecule has 2 rings (SSSR count). The first-order valence-corrected chi connectivity index (χ1v) is 7.61. The van der Waals surface area contributed by atoms with Gasteiger partial charge in [-0.05, 0) is 48.0 Å². The third-order valence-electron chi connectivity index (χ3n) is 3.15. The lowest BCUT2D eigenvalue weighted by Gasteiger charge is -2.20. The summed E-state index contributed by atoms with van der Waals surface area (Å²) in [6, 6.07) is 7.60. The van der Waals surface area contributed by atoms with Crippen LogP contribution >= 0.6 is 23.4 Å². The van der Waals surface area contributed by atoms with Crippen molar-refractivity contribution in [3.63, 3.8) is 0 Å². The minimum absolute atomic E-state index is 0.351. The summed E-state index contributed by atoms with van der Waals surface area (Å²) in [5.41, 5.74) is 1.03. The van der Waals surface area contributed by atoms with E-state index in [9.17, 15) is 4.79 Å². The maximum atomic E-state index is 11.9. The van der Waals surface area contributed by atoms with Crippen LogP contribution in [0.15, 0.2) is 24.3 Å². The number of ketones is 1. The lowest BCUT2D eigenvalue weighted by Crippen LogP contribution is -2.15. The number of halogens is 1. The Balaban J connectivity index is 1.84. The van der Waals surface area contributed by atoms with Crippen LogP contribution in [0, 0.1) is 5.92 Å². The summed E-state index contributed by atoms with van der Waals surface area (Å²) in [4.78, 5) is 11.9. The lowest BCUT2D eigenvalue weighted by molar-refractivity contribution is -0.119. The van der Waals surface area contributed by atoms with Gasteiger partial charge in [-0.2, -0.15) is 11.8 Å². The maximum Gasteiger partial charge on any atom is 0.137 e. The van der Waals surface area contributed by atoms with Gasteiger partial charge in [0.25, 0.3) is 0 Å². The van der Waals surface area contributed by atoms with Crippen LogP contribution in [0.4, 0.5) is 0 Å². The Morgan fingerprint density at radius 3 is 2.82 bits per heavy atom. The highest BCUT2D eigenvalue weighted by Crippen LogP contribution is 2.26. The molecule has 0 spiro atoms. The Hall–Kier alpha value is -0.470. The average molecular weight is 269 g/mol. The van der Waals surface area contributed by atoms with E-state index in [1.54, 1.807) is 0 Å². The average Bonchev–Trinajstić information content (AvgIpc) is 2.30. The molecule has 0 bridgehead atoms. The van der Waals surface area contributed by atoms with Crippen LogP contribution < -0.4 is 0 Å². The molecule has 1 heterocycles. The fourth-order valence-electron chi connectivity index (χ4n) is 2.22. The molecular weight excluding hydrogens is 252 g/mol. The minimum Gasteiger partial charge on any atom is -0.299 e. The molecule has 17 heavy (non-hydrogen) atoms. The van der Waals surface area contributed by atoms with Crippen molar-refractivity contribution in [1.29, 1.82) is 0 Å². The quantitative estimate of drug-likeness (QED) is 0.822. The predicted molar refractivity (Wildman–Crippen MR) is 74.8 cm³/mol. The highest BCUT2D eigenvalue weighted by atomic mass is 35.5. The Morgan fingerprint density at radius 2 is 2.12 bits per heavy atom. The van der Waals surface area contributed by atoms with Crippen molar-refractivity contribution >= 4 is 29.1 Å². The highest BCUT2D eigenvalue weighted by Gasteiger charge is 2.17. The van der Waals surface area contributed by atoms with Crippen LogP contribution in [0.5, 0.6) is 0 Å². The van der Waals surface area contributed by atoms with E-state index in [1.807, 2.05) is 36.0 Å².